The molecule has 0 radical (unpaired) electrons. The molecule has 0 bridgehead atoms. The minimum atomic E-state index is -0.557. The van der Waals surface area contributed by atoms with Crippen LogP contribution in [0.25, 0.3) is 21.7 Å². The van der Waals surface area contributed by atoms with E-state index in [2.05, 4.69) is 0 Å². The molecule has 28 heavy (non-hydrogen) atoms. The summed E-state index contributed by atoms with van der Waals surface area (Å²) in [6.07, 6.45) is 0. The summed E-state index contributed by atoms with van der Waals surface area (Å²) in [6.45, 7) is 1.53. The monoisotopic (exact) mass is 394 g/mol. The maximum atomic E-state index is 12.2. The first-order valence-corrected chi connectivity index (χ1v) is 8.94. The van der Waals surface area contributed by atoms with Crippen LogP contribution >= 0.6 is 11.6 Å². The van der Waals surface area contributed by atoms with Crippen LogP contribution < -0.4 is 15.1 Å². The number of carbonyl (C=O) groups is 1. The van der Waals surface area contributed by atoms with Crippen molar-refractivity contribution in [3.63, 3.8) is 0 Å². The van der Waals surface area contributed by atoms with Gasteiger partial charge in [0.15, 0.2) is 6.61 Å². The van der Waals surface area contributed by atoms with Crippen LogP contribution in [0.2, 0.25) is 5.02 Å². The zero-order chi connectivity index (χ0) is 19.7. The van der Waals surface area contributed by atoms with Crippen LogP contribution in [0, 0.1) is 6.92 Å². The van der Waals surface area contributed by atoms with Crippen molar-refractivity contribution in [2.75, 3.05) is 6.61 Å². The highest BCUT2D eigenvalue weighted by atomic mass is 35.5. The van der Waals surface area contributed by atoms with Crippen molar-refractivity contribution >= 4 is 39.3 Å². The van der Waals surface area contributed by atoms with E-state index >= 15 is 0 Å². The summed E-state index contributed by atoms with van der Waals surface area (Å²) in [5, 5.41) is 2.93. The molecule has 5 nitrogen and oxygen atoms in total. The fourth-order valence-corrected chi connectivity index (χ4v) is 3.24. The normalized spacial score (nSPS) is 10.9. The Balaban J connectivity index is 1.50. The second-order valence-electron chi connectivity index (χ2n) is 6.26. The highest BCUT2D eigenvalue weighted by molar-refractivity contribution is 6.35. The second kappa shape index (κ2) is 7.37. The molecule has 3 aromatic carbocycles. The van der Waals surface area contributed by atoms with E-state index in [9.17, 15) is 9.59 Å². The van der Waals surface area contributed by atoms with E-state index in [1.165, 1.54) is 6.07 Å². The molecule has 0 spiro atoms. The molecule has 0 aliphatic rings. The lowest BCUT2D eigenvalue weighted by atomic mass is 10.1. The Morgan fingerprint density at radius 1 is 1.00 bits per heavy atom. The van der Waals surface area contributed by atoms with Crippen LogP contribution in [-0.4, -0.2) is 12.6 Å². The van der Waals surface area contributed by atoms with Crippen molar-refractivity contribution < 1.29 is 18.7 Å². The molecule has 0 fully saturated rings. The van der Waals surface area contributed by atoms with Crippen molar-refractivity contribution in [2.45, 2.75) is 6.92 Å². The summed E-state index contributed by atoms with van der Waals surface area (Å²) in [5.74, 6) is 0.256. The Labute approximate surface area is 165 Å². The number of halogens is 1. The SMILES string of the molecule is Cc1cc(=O)oc2cc(OCC(=O)Oc3ccc(Cl)c4ccccc34)ccc12. The summed E-state index contributed by atoms with van der Waals surface area (Å²) in [6, 6.07) is 17.2. The number of esters is 1. The smallest absolute Gasteiger partial charge is 0.349 e. The Bertz CT molecular complexity index is 1260. The summed E-state index contributed by atoms with van der Waals surface area (Å²) in [4.78, 5) is 23.8. The van der Waals surface area contributed by atoms with Crippen LogP contribution in [0.1, 0.15) is 5.56 Å². The molecule has 0 aliphatic carbocycles. The average molecular weight is 395 g/mol. The molecule has 0 saturated carbocycles. The molecule has 1 heterocycles. The Morgan fingerprint density at radius 3 is 2.61 bits per heavy atom. The van der Waals surface area contributed by atoms with Crippen LogP contribution in [0.4, 0.5) is 0 Å². The van der Waals surface area contributed by atoms with Crippen LogP contribution in [-0.2, 0) is 4.79 Å². The molecule has 4 rings (SSSR count). The lowest BCUT2D eigenvalue weighted by Crippen LogP contribution is -2.17. The van der Waals surface area contributed by atoms with Crippen LogP contribution in [0.15, 0.2) is 69.9 Å². The zero-order valence-corrected chi connectivity index (χ0v) is 15.7. The van der Waals surface area contributed by atoms with Gasteiger partial charge in [0.05, 0.1) is 0 Å². The molecule has 6 heteroatoms. The molecule has 1 aromatic heterocycles. The standard InChI is InChI=1S/C22H15ClO5/c1-13-10-21(24)28-20-11-14(6-7-15(13)20)26-12-22(25)27-19-9-8-18(23)16-4-2-3-5-17(16)19/h2-11H,12H2,1H3. The summed E-state index contributed by atoms with van der Waals surface area (Å²) < 4.78 is 16.1. The van der Waals surface area contributed by atoms with Gasteiger partial charge in [-0.25, -0.2) is 9.59 Å². The quantitative estimate of drug-likeness (QED) is 0.280. The van der Waals surface area contributed by atoms with Crippen LogP contribution in [0.5, 0.6) is 11.5 Å². The molecule has 4 aromatic rings. The van der Waals surface area contributed by atoms with Gasteiger partial charge in [-0.3, -0.25) is 0 Å². The fraction of sp³-hybridized carbons (Fsp3) is 0.0909. The largest absolute Gasteiger partial charge is 0.482 e. The van der Waals surface area contributed by atoms with E-state index in [0.29, 0.717) is 22.1 Å². The maximum Gasteiger partial charge on any atom is 0.349 e. The molecule has 0 amide bonds. The topological polar surface area (TPSA) is 65.7 Å². The van der Waals surface area contributed by atoms with E-state index < -0.39 is 11.6 Å². The second-order valence-corrected chi connectivity index (χ2v) is 6.67. The fourth-order valence-electron chi connectivity index (χ4n) is 3.01. The van der Waals surface area contributed by atoms with Crippen molar-refractivity contribution in [3.8, 4) is 11.5 Å². The number of rotatable bonds is 4. The zero-order valence-electron chi connectivity index (χ0n) is 14.9. The Kier molecular flexibility index (Phi) is 4.75. The Morgan fingerprint density at radius 2 is 1.79 bits per heavy atom. The third kappa shape index (κ3) is 3.57. The summed E-state index contributed by atoms with van der Waals surface area (Å²) >= 11 is 6.18. The lowest BCUT2D eigenvalue weighted by Gasteiger charge is -2.10. The van der Waals surface area contributed by atoms with Gasteiger partial charge >= 0.3 is 11.6 Å². The number of fused-ring (bicyclic) bond motifs is 2. The summed E-state index contributed by atoms with van der Waals surface area (Å²) in [7, 11) is 0. The maximum absolute atomic E-state index is 12.2. The third-order valence-corrected chi connectivity index (χ3v) is 4.66. The van der Waals surface area contributed by atoms with Crippen molar-refractivity contribution in [2.24, 2.45) is 0 Å². The molecule has 0 aliphatic heterocycles. The van der Waals surface area contributed by atoms with Gasteiger partial charge in [0, 0.05) is 33.3 Å². The number of benzene rings is 3. The molecule has 0 N–H and O–H groups in total. The highest BCUT2D eigenvalue weighted by Crippen LogP contribution is 2.31. The van der Waals surface area contributed by atoms with Crippen molar-refractivity contribution in [3.05, 3.63) is 81.7 Å². The Hall–Kier alpha value is -3.31. The number of ether oxygens (including phenoxy) is 2. The van der Waals surface area contributed by atoms with Gasteiger partial charge in [0.25, 0.3) is 0 Å². The van der Waals surface area contributed by atoms with Crippen molar-refractivity contribution in [1.82, 2.24) is 0 Å². The van der Waals surface area contributed by atoms with Gasteiger partial charge in [-0.2, -0.15) is 0 Å². The minimum Gasteiger partial charge on any atom is -0.482 e. The van der Waals surface area contributed by atoms with Gasteiger partial charge in [0.2, 0.25) is 0 Å². The first-order valence-electron chi connectivity index (χ1n) is 8.56. The average Bonchev–Trinajstić information content (AvgIpc) is 2.68. The first kappa shape index (κ1) is 18.1. The van der Waals surface area contributed by atoms with Gasteiger partial charge in [0.1, 0.15) is 17.1 Å². The van der Waals surface area contributed by atoms with Gasteiger partial charge in [-0.05, 0) is 36.8 Å². The number of aryl methyl sites for hydroxylation is 1. The van der Waals surface area contributed by atoms with E-state index in [1.807, 2.05) is 31.2 Å². The lowest BCUT2D eigenvalue weighted by molar-refractivity contribution is -0.136. The number of hydrogen-bond donors (Lipinski definition) is 0. The number of hydrogen-bond acceptors (Lipinski definition) is 5. The minimum absolute atomic E-state index is 0.293. The van der Waals surface area contributed by atoms with Gasteiger partial charge < -0.3 is 13.9 Å². The van der Waals surface area contributed by atoms with E-state index in [-0.39, 0.29) is 6.61 Å². The first-order chi connectivity index (χ1) is 13.5. The highest BCUT2D eigenvalue weighted by Gasteiger charge is 2.11. The van der Waals surface area contributed by atoms with E-state index in [0.717, 1.165) is 21.7 Å². The number of carbonyl (C=O) groups excluding carboxylic acids is 1. The van der Waals surface area contributed by atoms with Gasteiger partial charge in [-0.15, -0.1) is 0 Å². The molecule has 0 unspecified atom stereocenters. The van der Waals surface area contributed by atoms with Crippen molar-refractivity contribution in [1.29, 1.82) is 0 Å². The van der Waals surface area contributed by atoms with Gasteiger partial charge in [-0.1, -0.05) is 35.9 Å². The third-order valence-electron chi connectivity index (χ3n) is 4.33. The van der Waals surface area contributed by atoms with E-state index in [1.54, 1.807) is 30.3 Å². The van der Waals surface area contributed by atoms with Crippen LogP contribution in [0.3, 0.4) is 0 Å². The molecule has 0 atom stereocenters. The predicted octanol–water partition coefficient (Wildman–Crippen LogP) is 4.89. The molecular formula is C22H15ClO5. The molecule has 0 saturated heterocycles. The summed E-state index contributed by atoms with van der Waals surface area (Å²) in [5.41, 5.74) is 0.780. The van der Waals surface area contributed by atoms with E-state index in [4.69, 9.17) is 25.5 Å². The predicted molar refractivity (Wildman–Crippen MR) is 107 cm³/mol. The molecule has 140 valence electrons. The molecular weight excluding hydrogens is 380 g/mol.